The number of hydrogen-bond donors (Lipinski definition) is 6. The van der Waals surface area contributed by atoms with Gasteiger partial charge in [-0.15, -0.1) is 0 Å². The molecule has 0 radical (unpaired) electrons. The molecule has 6 unspecified atom stereocenters. The number of rotatable bonds is 15. The van der Waals surface area contributed by atoms with Crippen molar-refractivity contribution >= 4 is 103 Å². The Kier molecular flexibility index (Phi) is 23.4. The molecule has 15 atom stereocenters. The Bertz CT molecular complexity index is 3550. The van der Waals surface area contributed by atoms with Crippen LogP contribution in [0.4, 0.5) is 0 Å². The van der Waals surface area contributed by atoms with Crippen LogP contribution in [-0.4, -0.2) is 152 Å². The molecule has 7 aromatic rings. The van der Waals surface area contributed by atoms with Crippen molar-refractivity contribution in [1.82, 2.24) is 19.9 Å². The van der Waals surface area contributed by atoms with Gasteiger partial charge in [-0.1, -0.05) is 74.6 Å². The molecule has 3 aromatic carbocycles. The summed E-state index contributed by atoms with van der Waals surface area (Å²) in [4.78, 5) is 60.6. The topological polar surface area (TPSA) is 299 Å². The second kappa shape index (κ2) is 30.4. The van der Waals surface area contributed by atoms with E-state index in [0.717, 1.165) is 47.9 Å². The van der Waals surface area contributed by atoms with Crippen LogP contribution in [0.15, 0.2) is 104 Å². The van der Waals surface area contributed by atoms with Gasteiger partial charge in [-0.2, -0.15) is 0 Å². The summed E-state index contributed by atoms with van der Waals surface area (Å²) in [5.41, 5.74) is 5.08. The van der Waals surface area contributed by atoms with Gasteiger partial charge >= 0.3 is 23.9 Å². The predicted octanol–water partition coefficient (Wildman–Crippen LogP) is 9.63. The number of carbonyl (C=O) groups is 4. The first kappa shape index (κ1) is 67.6. The molecule has 0 spiro atoms. The van der Waals surface area contributed by atoms with Crippen LogP contribution in [0.25, 0.3) is 44.3 Å². The molecule has 10 rings (SSSR count). The molecule has 6 N–H and O–H groups in total. The fourth-order valence-corrected chi connectivity index (χ4v) is 11.4. The van der Waals surface area contributed by atoms with Gasteiger partial charge in [0.2, 0.25) is 18.9 Å². The Morgan fingerprint density at radius 2 is 0.920 bits per heavy atom. The molecule has 3 aliphatic rings. The average molecular weight is 1390 g/mol. The van der Waals surface area contributed by atoms with Gasteiger partial charge < -0.3 is 77.8 Å². The van der Waals surface area contributed by atoms with Crippen molar-refractivity contribution in [3.05, 3.63) is 122 Å². The van der Waals surface area contributed by atoms with E-state index in [1.807, 2.05) is 76.5 Å². The molecule has 0 bridgehead atoms. The largest absolute Gasteiger partial charge is 0.463 e. The zero-order valence-corrected chi connectivity index (χ0v) is 53.4. The molecule has 472 valence electrons. The number of pyridine rings is 2. The Morgan fingerprint density at radius 1 is 0.511 bits per heavy atom. The molecular weight excluding hydrogens is 1320 g/mol. The first-order valence-electron chi connectivity index (χ1n) is 28.0. The Morgan fingerprint density at radius 3 is 1.32 bits per heavy atom. The minimum absolute atomic E-state index is 0.00857. The van der Waals surface area contributed by atoms with Gasteiger partial charge in [-0.25, -0.2) is 9.97 Å². The highest BCUT2D eigenvalue weighted by Gasteiger charge is 2.48. The maximum Gasteiger partial charge on any atom is 0.303 e. The summed E-state index contributed by atoms with van der Waals surface area (Å²) in [7, 11) is 0. The van der Waals surface area contributed by atoms with E-state index in [2.05, 4.69) is 42.5 Å². The number of nitrogens with zero attached hydrogens (tertiary/aromatic N) is 2. The summed E-state index contributed by atoms with van der Waals surface area (Å²) in [5, 5.41) is 42.1. The minimum Gasteiger partial charge on any atom is -0.463 e. The number of hydrogen-bond acceptors (Lipinski definition) is 20. The molecule has 26 heteroatoms. The van der Waals surface area contributed by atoms with Gasteiger partial charge in [0.15, 0.2) is 12.2 Å². The van der Waals surface area contributed by atoms with Gasteiger partial charge in [0, 0.05) is 89.8 Å². The Labute approximate surface area is 535 Å². The molecule has 88 heavy (non-hydrogen) atoms. The fraction of sp³-hybridized carbons (Fsp3) is 0.419. The monoisotopic (exact) mass is 1390 g/mol. The molecule has 3 fully saturated rings. The molecule has 22 nitrogen and oxygen atoms in total. The van der Waals surface area contributed by atoms with E-state index in [1.165, 1.54) is 27.7 Å². The first-order valence-corrected chi connectivity index (χ1v) is 30.2. The second-order valence-electron chi connectivity index (χ2n) is 21.5. The lowest BCUT2D eigenvalue weighted by Gasteiger charge is -2.43. The Hall–Kier alpha value is -6.36. The van der Waals surface area contributed by atoms with Crippen LogP contribution < -0.4 is 14.2 Å². The molecule has 3 saturated heterocycles. The van der Waals surface area contributed by atoms with Gasteiger partial charge in [-0.3, -0.25) is 19.2 Å². The summed E-state index contributed by atoms with van der Waals surface area (Å²) in [6, 6.07) is 23.7. The number of aromatic nitrogens is 4. The average Bonchev–Trinajstić information content (AvgIpc) is 1.36. The van der Waals surface area contributed by atoms with Crippen LogP contribution >= 0.6 is 57.4 Å². The molecular formula is C62H68Cl3IN4O18. The van der Waals surface area contributed by atoms with Crippen LogP contribution in [0.1, 0.15) is 55.4 Å². The highest BCUT2D eigenvalue weighted by atomic mass is 127. The zero-order chi connectivity index (χ0) is 63.7. The number of aliphatic hydroxyl groups excluding tert-OH is 4. The van der Waals surface area contributed by atoms with Crippen LogP contribution in [0.3, 0.4) is 0 Å². The smallest absolute Gasteiger partial charge is 0.303 e. The number of aliphatic hydroxyl groups is 4. The van der Waals surface area contributed by atoms with E-state index >= 15 is 0 Å². The molecule has 4 aromatic heterocycles. The number of H-pyrrole nitrogens is 2. The second-order valence-corrected chi connectivity index (χ2v) is 23.9. The van der Waals surface area contributed by atoms with Crippen molar-refractivity contribution in [2.45, 2.75) is 123 Å². The SMILES string of the molecule is CC(=O)OCC1O[C@H](Oc2ccc(-c3cnc4[nH]ccc4c3)cc2Cl)C(OC(C)=O)[C@@H](C)[C@@H]1C.CC(=O)OCC1O[C@H](Oc2ccc(I)cc2Cl)C(OC(C)=O)[C@@H](C)[C@@H]1C.OCC1O[C@H](Oc2ccc(-c3cnc4[nH]ccc4c3)cc2Cl)C(O)[C@@H](O)[C@@H]1O. The molecule has 7 heterocycles. The van der Waals surface area contributed by atoms with Gasteiger partial charge in [0.05, 0.1) is 33.9 Å². The number of esters is 4. The summed E-state index contributed by atoms with van der Waals surface area (Å²) in [6.07, 6.45) is -3.52. The maximum absolute atomic E-state index is 11.8. The van der Waals surface area contributed by atoms with Crippen LogP contribution in [0.2, 0.25) is 15.1 Å². The van der Waals surface area contributed by atoms with Crippen molar-refractivity contribution in [3.63, 3.8) is 0 Å². The van der Waals surface area contributed by atoms with Crippen LogP contribution in [-0.2, 0) is 52.3 Å². The third-order valence-corrected chi connectivity index (χ3v) is 16.9. The van der Waals surface area contributed by atoms with Crippen LogP contribution in [0.5, 0.6) is 17.2 Å². The lowest BCUT2D eigenvalue weighted by molar-refractivity contribution is -0.277. The van der Waals surface area contributed by atoms with Gasteiger partial charge in [0.1, 0.15) is 66.2 Å². The molecule has 0 saturated carbocycles. The lowest BCUT2D eigenvalue weighted by atomic mass is 9.83. The Balaban J connectivity index is 0.000000173. The number of halogens is 4. The van der Waals surface area contributed by atoms with E-state index in [4.69, 9.17) is 82.2 Å². The van der Waals surface area contributed by atoms with Crippen molar-refractivity contribution in [3.8, 4) is 39.5 Å². The summed E-state index contributed by atoms with van der Waals surface area (Å²) in [5.74, 6) is -0.817. The predicted molar refractivity (Wildman–Crippen MR) is 331 cm³/mol. The number of fused-ring (bicyclic) bond motifs is 2. The van der Waals surface area contributed by atoms with Gasteiger partial charge in [-0.05, 0) is 112 Å². The third kappa shape index (κ3) is 16.9. The first-order chi connectivity index (χ1) is 41.9. The molecule has 0 aliphatic carbocycles. The number of ether oxygens (including phenoxy) is 10. The van der Waals surface area contributed by atoms with Crippen molar-refractivity contribution < 1.29 is 87.0 Å². The normalized spacial score (nSPS) is 26.7. The standard InChI is InChI=1S/C25H27ClN2O6.C19H19ClN2O6.C18H22ClIO6/c1-13-14(2)23(32-16(4)30)25(34-22(13)12-31-15(3)29)33-21-6-5-17(10-20(21)26)19-9-18-7-8-27-24(18)28-11-19;20-12-6-9(11-5-10-3-4-21-18(10)22-7-11)1-2-13(12)27-19-17(26)16(25)15(24)14(8-23)28-19;1-9-10(2)17(24-12(4)22)18(26-16(9)8-23-11(3)21)25-15-6-5-13(20)7-14(15)19/h5-11,13-14,22-23,25H,12H2,1-4H3,(H,27,28);1-7,14-17,19,23-26H,8H2,(H,21,22);5-7,9-10,16-18H,8H2,1-4H3/t13-,14-,22?,23?,25-;14?,15-,16+,17?,19+;9-,10-,16?,17?,18-/m010/s1. The highest BCUT2D eigenvalue weighted by molar-refractivity contribution is 14.1. The van der Waals surface area contributed by atoms with Crippen molar-refractivity contribution in [2.24, 2.45) is 23.7 Å². The van der Waals surface area contributed by atoms with E-state index in [0.29, 0.717) is 21.5 Å². The van der Waals surface area contributed by atoms with Crippen LogP contribution in [0, 0.1) is 27.2 Å². The number of benzene rings is 3. The summed E-state index contributed by atoms with van der Waals surface area (Å²) >= 11 is 21.3. The maximum atomic E-state index is 11.8. The van der Waals surface area contributed by atoms with E-state index < -0.39 is 86.1 Å². The van der Waals surface area contributed by atoms with E-state index in [1.54, 1.807) is 54.9 Å². The third-order valence-electron chi connectivity index (χ3n) is 15.3. The van der Waals surface area contributed by atoms with Gasteiger partial charge in [0.25, 0.3) is 0 Å². The lowest BCUT2D eigenvalue weighted by Crippen LogP contribution is -2.60. The van der Waals surface area contributed by atoms with E-state index in [9.17, 15) is 39.6 Å². The molecule has 0 amide bonds. The number of aromatic amines is 2. The zero-order valence-electron chi connectivity index (χ0n) is 49.0. The van der Waals surface area contributed by atoms with Crippen molar-refractivity contribution in [1.29, 1.82) is 0 Å². The minimum atomic E-state index is -1.52. The number of nitrogens with one attached hydrogen (secondary N) is 2. The quantitative estimate of drug-likeness (QED) is 0.0316. The van der Waals surface area contributed by atoms with Crippen molar-refractivity contribution in [2.75, 3.05) is 19.8 Å². The van der Waals surface area contributed by atoms with E-state index in [-0.39, 0.29) is 59.7 Å². The fourth-order valence-electron chi connectivity index (χ4n) is 10.1. The molecule has 3 aliphatic heterocycles. The summed E-state index contributed by atoms with van der Waals surface area (Å²) < 4.78 is 57.3. The summed E-state index contributed by atoms with van der Waals surface area (Å²) in [6.45, 7) is 12.9. The number of carbonyl (C=O) groups excluding carboxylic acids is 4. The highest BCUT2D eigenvalue weighted by Crippen LogP contribution is 2.40.